The second kappa shape index (κ2) is 11.3. The van der Waals surface area contributed by atoms with Crippen LogP contribution in [0, 0.1) is 6.92 Å². The number of rotatable bonds is 6. The summed E-state index contributed by atoms with van der Waals surface area (Å²) in [6.07, 6.45) is 0.900. The largest absolute Gasteiger partial charge is 0.497 e. The highest BCUT2D eigenvalue weighted by Gasteiger charge is 2.36. The van der Waals surface area contributed by atoms with Crippen molar-refractivity contribution in [3.63, 3.8) is 0 Å². The molecule has 0 saturated heterocycles. The van der Waals surface area contributed by atoms with Gasteiger partial charge in [0, 0.05) is 37.2 Å². The Morgan fingerprint density at radius 1 is 0.976 bits per heavy atom. The Labute approximate surface area is 245 Å². The van der Waals surface area contributed by atoms with Crippen LogP contribution in [-0.2, 0) is 45.5 Å². The van der Waals surface area contributed by atoms with Gasteiger partial charge in [0.15, 0.2) is 0 Å². The minimum atomic E-state index is -4.00. The highest BCUT2D eigenvalue weighted by atomic mass is 32.2. The van der Waals surface area contributed by atoms with Crippen molar-refractivity contribution in [3.05, 3.63) is 112 Å². The molecule has 0 radical (unpaired) electrons. The molecule has 0 aliphatic carbocycles. The van der Waals surface area contributed by atoms with E-state index in [9.17, 15) is 13.2 Å². The van der Waals surface area contributed by atoms with E-state index in [1.807, 2.05) is 43.3 Å². The van der Waals surface area contributed by atoms with Gasteiger partial charge in [0.1, 0.15) is 5.75 Å². The lowest BCUT2D eigenvalue weighted by molar-refractivity contribution is 0.0265. The number of ether oxygens (including phenoxy) is 3. The van der Waals surface area contributed by atoms with Crippen molar-refractivity contribution in [2.24, 2.45) is 0 Å². The fourth-order valence-electron chi connectivity index (χ4n) is 5.92. The lowest BCUT2D eigenvalue weighted by atomic mass is 9.86. The Morgan fingerprint density at radius 3 is 2.48 bits per heavy atom. The Morgan fingerprint density at radius 2 is 1.74 bits per heavy atom. The maximum absolute atomic E-state index is 13.9. The van der Waals surface area contributed by atoms with Gasteiger partial charge in [0.25, 0.3) is 0 Å². The van der Waals surface area contributed by atoms with Crippen molar-refractivity contribution >= 4 is 16.0 Å². The SMILES string of the molecule is COC(=O)c1ccccc1S(=O)(=O)N1CCc2nc(-c3ccc(OC)cc3C)c3c(c2C1)CO[C@@H](c1ccccc1)C3. The van der Waals surface area contributed by atoms with Gasteiger partial charge in [-0.3, -0.25) is 4.98 Å². The van der Waals surface area contributed by atoms with Crippen LogP contribution in [0.25, 0.3) is 11.3 Å². The summed E-state index contributed by atoms with van der Waals surface area (Å²) in [5.74, 6) is 0.0899. The highest BCUT2D eigenvalue weighted by Crippen LogP contribution is 2.41. The van der Waals surface area contributed by atoms with Gasteiger partial charge in [0.05, 0.1) is 43.1 Å². The first-order valence-corrected chi connectivity index (χ1v) is 15.3. The topological polar surface area (TPSA) is 95.0 Å². The molecule has 1 atom stereocenters. The van der Waals surface area contributed by atoms with E-state index in [0.29, 0.717) is 19.4 Å². The van der Waals surface area contributed by atoms with Gasteiger partial charge in [-0.05, 0) is 65.1 Å². The third kappa shape index (κ3) is 4.98. The minimum Gasteiger partial charge on any atom is -0.497 e. The monoisotopic (exact) mass is 584 g/mol. The fraction of sp³-hybridized carbons (Fsp3) is 0.273. The molecular weight excluding hydrogens is 552 g/mol. The van der Waals surface area contributed by atoms with Crippen LogP contribution in [0.4, 0.5) is 0 Å². The molecule has 0 N–H and O–H groups in total. The molecule has 0 fully saturated rings. The molecule has 1 aromatic heterocycles. The third-order valence-electron chi connectivity index (χ3n) is 8.13. The van der Waals surface area contributed by atoms with Crippen LogP contribution in [0.15, 0.2) is 77.7 Å². The number of hydrogen-bond acceptors (Lipinski definition) is 7. The van der Waals surface area contributed by atoms with Gasteiger partial charge < -0.3 is 14.2 Å². The predicted octanol–water partition coefficient (Wildman–Crippen LogP) is 5.41. The van der Waals surface area contributed by atoms with Gasteiger partial charge in [0.2, 0.25) is 10.0 Å². The third-order valence-corrected chi connectivity index (χ3v) is 10.0. The number of benzene rings is 3. The summed E-state index contributed by atoms with van der Waals surface area (Å²) >= 11 is 0. The summed E-state index contributed by atoms with van der Waals surface area (Å²) < 4.78 is 45.9. The molecule has 0 saturated carbocycles. The van der Waals surface area contributed by atoms with Crippen LogP contribution in [0.3, 0.4) is 0 Å². The number of carbonyl (C=O) groups is 1. The molecule has 9 heteroatoms. The van der Waals surface area contributed by atoms with Gasteiger partial charge in [-0.25, -0.2) is 13.2 Å². The summed E-state index contributed by atoms with van der Waals surface area (Å²) in [6, 6.07) is 22.3. The molecule has 0 spiro atoms. The molecule has 3 heterocycles. The highest BCUT2D eigenvalue weighted by molar-refractivity contribution is 7.89. The van der Waals surface area contributed by atoms with Crippen LogP contribution in [0.2, 0.25) is 0 Å². The van der Waals surface area contributed by atoms with Gasteiger partial charge in [-0.2, -0.15) is 4.31 Å². The first kappa shape index (κ1) is 28.1. The molecule has 4 aromatic rings. The van der Waals surface area contributed by atoms with Crippen LogP contribution in [-0.4, -0.2) is 44.4 Å². The predicted molar refractivity (Wildman–Crippen MR) is 158 cm³/mol. The van der Waals surface area contributed by atoms with Crippen molar-refractivity contribution in [2.45, 2.75) is 43.9 Å². The Balaban J connectivity index is 1.45. The number of methoxy groups -OCH3 is 2. The molecule has 8 nitrogen and oxygen atoms in total. The van der Waals surface area contributed by atoms with E-state index in [1.165, 1.54) is 23.5 Å². The lowest BCUT2D eigenvalue weighted by Crippen LogP contribution is -2.38. The number of nitrogens with zero attached hydrogens (tertiary/aromatic N) is 2. The standard InChI is InChI=1S/C33H32N2O6S/c1-21-17-23(39-2)13-14-24(21)32-26-18-30(22-9-5-4-6-10-22)41-20-28(26)27-19-35(16-15-29(27)34-32)42(37,38)31-12-8-7-11-25(31)33(36)40-3/h4-14,17,30H,15-16,18-20H2,1-3H3/t30-/m1/s1. The second-order valence-corrected chi connectivity index (χ2v) is 12.4. The first-order chi connectivity index (χ1) is 20.3. The molecular formula is C33H32N2O6S. The summed E-state index contributed by atoms with van der Waals surface area (Å²) in [5, 5.41) is 0. The molecule has 0 unspecified atom stereocenters. The summed E-state index contributed by atoms with van der Waals surface area (Å²) in [7, 11) is -1.10. The normalized spacial score (nSPS) is 16.8. The van der Waals surface area contributed by atoms with E-state index in [0.717, 1.165) is 50.5 Å². The summed E-state index contributed by atoms with van der Waals surface area (Å²) in [6.45, 7) is 2.77. The number of aromatic nitrogens is 1. The minimum absolute atomic E-state index is 0.0188. The van der Waals surface area contributed by atoms with Crippen molar-refractivity contribution in [3.8, 4) is 17.0 Å². The number of hydrogen-bond donors (Lipinski definition) is 0. The average Bonchev–Trinajstić information content (AvgIpc) is 3.03. The molecule has 2 aliphatic rings. The van der Waals surface area contributed by atoms with E-state index in [-0.39, 0.29) is 29.7 Å². The molecule has 216 valence electrons. The Kier molecular flexibility index (Phi) is 7.57. The first-order valence-electron chi connectivity index (χ1n) is 13.8. The zero-order chi connectivity index (χ0) is 29.4. The molecule has 6 rings (SSSR count). The maximum Gasteiger partial charge on any atom is 0.339 e. The van der Waals surface area contributed by atoms with Crippen LogP contribution < -0.4 is 4.74 Å². The molecule has 42 heavy (non-hydrogen) atoms. The Bertz CT molecular complexity index is 1770. The Hall–Kier alpha value is -4.05. The number of esters is 1. The molecule has 0 bridgehead atoms. The number of sulfonamides is 1. The van der Waals surface area contributed by atoms with E-state index < -0.39 is 16.0 Å². The van der Waals surface area contributed by atoms with Crippen molar-refractivity contribution < 1.29 is 27.4 Å². The van der Waals surface area contributed by atoms with E-state index >= 15 is 0 Å². The zero-order valence-electron chi connectivity index (χ0n) is 23.8. The zero-order valence-corrected chi connectivity index (χ0v) is 24.6. The average molecular weight is 585 g/mol. The van der Waals surface area contributed by atoms with Crippen LogP contribution in [0.5, 0.6) is 5.75 Å². The van der Waals surface area contributed by atoms with Crippen molar-refractivity contribution in [1.82, 2.24) is 9.29 Å². The number of carbonyl (C=O) groups excluding carboxylic acids is 1. The smallest absolute Gasteiger partial charge is 0.339 e. The van der Waals surface area contributed by atoms with E-state index in [2.05, 4.69) is 12.1 Å². The number of aryl methyl sites for hydroxylation is 1. The van der Waals surface area contributed by atoms with E-state index in [1.54, 1.807) is 19.2 Å². The van der Waals surface area contributed by atoms with Gasteiger partial charge >= 0.3 is 5.97 Å². The number of fused-ring (bicyclic) bond motifs is 3. The second-order valence-electron chi connectivity index (χ2n) is 10.5. The summed E-state index contributed by atoms with van der Waals surface area (Å²) in [5.41, 5.74) is 7.87. The molecule has 0 amide bonds. The maximum atomic E-state index is 13.9. The van der Waals surface area contributed by atoms with Crippen LogP contribution in [0.1, 0.15) is 50.0 Å². The molecule has 2 aliphatic heterocycles. The quantitative estimate of drug-likeness (QED) is 0.280. The summed E-state index contributed by atoms with van der Waals surface area (Å²) in [4.78, 5) is 17.5. The lowest BCUT2D eigenvalue weighted by Gasteiger charge is -2.34. The van der Waals surface area contributed by atoms with Gasteiger partial charge in [-0.1, -0.05) is 42.5 Å². The van der Waals surface area contributed by atoms with Gasteiger partial charge in [-0.15, -0.1) is 0 Å². The van der Waals surface area contributed by atoms with E-state index in [4.69, 9.17) is 19.2 Å². The fourth-order valence-corrected chi connectivity index (χ4v) is 7.51. The van der Waals surface area contributed by atoms with Crippen molar-refractivity contribution in [1.29, 1.82) is 0 Å². The number of pyridine rings is 1. The molecule has 3 aromatic carbocycles. The van der Waals surface area contributed by atoms with Crippen LogP contribution >= 0.6 is 0 Å². The van der Waals surface area contributed by atoms with Crippen molar-refractivity contribution in [2.75, 3.05) is 20.8 Å².